The molecule has 1 saturated heterocycles. The van der Waals surface area contributed by atoms with Crippen LogP contribution in [0.2, 0.25) is 0 Å². The van der Waals surface area contributed by atoms with Crippen molar-refractivity contribution in [2.24, 2.45) is 5.41 Å². The predicted molar refractivity (Wildman–Crippen MR) is 83.3 cm³/mol. The number of carbonyl (C=O) groups excluding carboxylic acids is 1. The molecule has 1 heterocycles. The second-order valence-corrected chi connectivity index (χ2v) is 8.43. The summed E-state index contributed by atoms with van der Waals surface area (Å²) in [6, 6.07) is 1.67. The fraction of sp³-hybridized carbons (Fsp3) is 0.941. The normalized spacial score (nSPS) is 26.0. The maximum atomic E-state index is 12.1. The van der Waals surface area contributed by atoms with Gasteiger partial charge in [0.1, 0.15) is 5.60 Å². The van der Waals surface area contributed by atoms with Gasteiger partial charge in [0, 0.05) is 25.2 Å². The van der Waals surface area contributed by atoms with Crippen molar-refractivity contribution < 1.29 is 9.53 Å². The van der Waals surface area contributed by atoms with E-state index in [0.717, 1.165) is 38.0 Å². The van der Waals surface area contributed by atoms with Crippen LogP contribution < -0.4 is 0 Å². The molecular weight excluding hydrogens is 264 g/mol. The molecule has 120 valence electrons. The first-order chi connectivity index (χ1) is 9.78. The molecule has 21 heavy (non-hydrogen) atoms. The molecule has 0 aromatic carbocycles. The van der Waals surface area contributed by atoms with Gasteiger partial charge in [-0.1, -0.05) is 0 Å². The third-order valence-corrected chi connectivity index (χ3v) is 5.51. The maximum absolute atomic E-state index is 12.1. The Morgan fingerprint density at radius 2 is 1.71 bits per heavy atom. The lowest BCUT2D eigenvalue weighted by Crippen LogP contribution is -2.55. The van der Waals surface area contributed by atoms with E-state index in [2.05, 4.69) is 11.9 Å². The zero-order chi connectivity index (χ0) is 15.3. The molecule has 4 nitrogen and oxygen atoms in total. The van der Waals surface area contributed by atoms with Gasteiger partial charge in [-0.2, -0.15) is 0 Å². The molecule has 3 fully saturated rings. The van der Waals surface area contributed by atoms with Gasteiger partial charge in [-0.25, -0.2) is 4.79 Å². The van der Waals surface area contributed by atoms with Gasteiger partial charge in [-0.15, -0.1) is 0 Å². The van der Waals surface area contributed by atoms with Gasteiger partial charge in [0.15, 0.2) is 0 Å². The van der Waals surface area contributed by atoms with Gasteiger partial charge in [0.25, 0.3) is 0 Å². The van der Waals surface area contributed by atoms with Gasteiger partial charge in [0.2, 0.25) is 0 Å². The van der Waals surface area contributed by atoms with Crippen LogP contribution in [0, 0.1) is 5.41 Å². The minimum atomic E-state index is -0.388. The number of amides is 1. The summed E-state index contributed by atoms with van der Waals surface area (Å²) >= 11 is 0. The second kappa shape index (κ2) is 5.15. The molecular formula is C17H30N2O2. The van der Waals surface area contributed by atoms with Crippen molar-refractivity contribution in [2.75, 3.05) is 20.1 Å². The Bertz CT molecular complexity index is 396. The van der Waals surface area contributed by atoms with Crippen LogP contribution in [0.1, 0.15) is 59.3 Å². The van der Waals surface area contributed by atoms with Crippen molar-refractivity contribution in [3.63, 3.8) is 0 Å². The molecule has 0 N–H and O–H groups in total. The number of nitrogens with zero attached hydrogens (tertiary/aromatic N) is 2. The van der Waals surface area contributed by atoms with Crippen LogP contribution >= 0.6 is 0 Å². The summed E-state index contributed by atoms with van der Waals surface area (Å²) < 4.78 is 5.47. The van der Waals surface area contributed by atoms with Crippen molar-refractivity contribution in [3.05, 3.63) is 0 Å². The zero-order valence-electron chi connectivity index (χ0n) is 14.0. The molecule has 1 aliphatic heterocycles. The first kappa shape index (κ1) is 15.1. The van der Waals surface area contributed by atoms with E-state index in [4.69, 9.17) is 4.74 Å². The number of rotatable bonds is 2. The Labute approximate surface area is 128 Å². The van der Waals surface area contributed by atoms with Crippen LogP contribution in [0.5, 0.6) is 0 Å². The minimum absolute atomic E-state index is 0.136. The highest BCUT2D eigenvalue weighted by molar-refractivity contribution is 5.68. The highest BCUT2D eigenvalue weighted by Crippen LogP contribution is 2.52. The second-order valence-electron chi connectivity index (χ2n) is 8.43. The van der Waals surface area contributed by atoms with Crippen LogP contribution in [0.3, 0.4) is 0 Å². The van der Waals surface area contributed by atoms with E-state index >= 15 is 0 Å². The highest BCUT2D eigenvalue weighted by Gasteiger charge is 2.49. The van der Waals surface area contributed by atoms with E-state index in [1.54, 1.807) is 0 Å². The van der Waals surface area contributed by atoms with Gasteiger partial charge in [0.05, 0.1) is 0 Å². The Kier molecular flexibility index (Phi) is 3.71. The number of piperidine rings is 1. The molecule has 0 unspecified atom stereocenters. The van der Waals surface area contributed by atoms with E-state index in [1.807, 2.05) is 25.7 Å². The molecule has 0 aromatic rings. The fourth-order valence-electron chi connectivity index (χ4n) is 3.91. The molecule has 3 rings (SSSR count). The van der Waals surface area contributed by atoms with Crippen molar-refractivity contribution in [1.29, 1.82) is 0 Å². The molecule has 2 saturated carbocycles. The lowest BCUT2D eigenvalue weighted by atomic mass is 9.60. The smallest absolute Gasteiger partial charge is 0.410 e. The van der Waals surface area contributed by atoms with Crippen LogP contribution in [-0.4, -0.2) is 53.7 Å². The number of hydrogen-bond donors (Lipinski definition) is 0. The van der Waals surface area contributed by atoms with Crippen molar-refractivity contribution in [2.45, 2.75) is 77.0 Å². The van der Waals surface area contributed by atoms with E-state index in [9.17, 15) is 4.79 Å². The average Bonchev–Trinajstić information content (AvgIpc) is 3.17. The van der Waals surface area contributed by atoms with E-state index in [1.165, 1.54) is 25.7 Å². The van der Waals surface area contributed by atoms with Crippen molar-refractivity contribution in [3.8, 4) is 0 Å². The van der Waals surface area contributed by atoms with E-state index < -0.39 is 0 Å². The molecule has 0 aromatic heterocycles. The number of likely N-dealkylation sites (tertiary alicyclic amines) is 1. The summed E-state index contributed by atoms with van der Waals surface area (Å²) in [5.41, 5.74) is 0.132. The Balaban J connectivity index is 1.44. The molecule has 0 bridgehead atoms. The molecule has 0 atom stereocenters. The first-order valence-electron chi connectivity index (χ1n) is 8.48. The average molecular weight is 294 g/mol. The number of hydrogen-bond acceptors (Lipinski definition) is 3. The van der Waals surface area contributed by atoms with Gasteiger partial charge in [-0.05, 0) is 71.8 Å². The third kappa shape index (κ3) is 3.36. The van der Waals surface area contributed by atoms with E-state index in [0.29, 0.717) is 5.41 Å². The summed E-state index contributed by atoms with van der Waals surface area (Å²) in [5, 5.41) is 0. The molecule has 3 aliphatic rings. The fourth-order valence-corrected chi connectivity index (χ4v) is 3.91. The molecule has 0 radical (unpaired) electrons. The summed E-state index contributed by atoms with van der Waals surface area (Å²) in [6.45, 7) is 7.53. The highest BCUT2D eigenvalue weighted by atomic mass is 16.6. The van der Waals surface area contributed by atoms with Gasteiger partial charge < -0.3 is 14.5 Å². The quantitative estimate of drug-likeness (QED) is 0.783. The molecule has 2 aliphatic carbocycles. The minimum Gasteiger partial charge on any atom is -0.444 e. The monoisotopic (exact) mass is 294 g/mol. The Morgan fingerprint density at radius 1 is 1.14 bits per heavy atom. The summed E-state index contributed by atoms with van der Waals surface area (Å²) in [7, 11) is 2.30. The number of carbonyl (C=O) groups is 1. The topological polar surface area (TPSA) is 32.8 Å². The largest absolute Gasteiger partial charge is 0.444 e. The maximum Gasteiger partial charge on any atom is 0.410 e. The molecule has 4 heteroatoms. The summed E-state index contributed by atoms with van der Waals surface area (Å²) in [6.07, 6.45) is 7.63. The van der Waals surface area contributed by atoms with Gasteiger partial charge in [-0.3, -0.25) is 0 Å². The summed E-state index contributed by atoms with van der Waals surface area (Å²) in [5.74, 6) is 0. The Hall–Kier alpha value is -0.770. The predicted octanol–water partition coefficient (Wildman–Crippen LogP) is 3.26. The summed E-state index contributed by atoms with van der Waals surface area (Å²) in [4.78, 5) is 16.6. The zero-order valence-corrected chi connectivity index (χ0v) is 14.0. The lowest BCUT2D eigenvalue weighted by Gasteiger charge is -2.54. The van der Waals surface area contributed by atoms with Crippen LogP contribution in [-0.2, 0) is 4.74 Å². The SMILES string of the molecule is CN(C1CC1)C1CC2(CCN(C(=O)OC(C)(C)C)CC2)C1. The van der Waals surface area contributed by atoms with Crippen LogP contribution in [0.4, 0.5) is 4.79 Å². The molecule has 1 amide bonds. The van der Waals surface area contributed by atoms with Crippen LogP contribution in [0.25, 0.3) is 0 Å². The van der Waals surface area contributed by atoms with Crippen molar-refractivity contribution >= 4 is 6.09 Å². The third-order valence-electron chi connectivity index (χ3n) is 5.51. The lowest BCUT2D eigenvalue weighted by molar-refractivity contribution is -0.0434. The molecule has 1 spiro atoms. The van der Waals surface area contributed by atoms with E-state index in [-0.39, 0.29) is 11.7 Å². The van der Waals surface area contributed by atoms with Crippen molar-refractivity contribution in [1.82, 2.24) is 9.80 Å². The van der Waals surface area contributed by atoms with Crippen LogP contribution in [0.15, 0.2) is 0 Å². The standard InChI is InChI=1S/C17H30N2O2/c1-16(2,3)21-15(20)19-9-7-17(8-10-19)11-14(12-17)18(4)13-5-6-13/h13-14H,5-12H2,1-4H3. The number of ether oxygens (including phenoxy) is 1. The first-order valence-corrected chi connectivity index (χ1v) is 8.48. The Morgan fingerprint density at radius 3 is 2.19 bits per heavy atom. The van der Waals surface area contributed by atoms with Gasteiger partial charge >= 0.3 is 6.09 Å².